The highest BCUT2D eigenvalue weighted by molar-refractivity contribution is 5.80. The molecular formula is C10H16N2O2. The van der Waals surface area contributed by atoms with E-state index in [9.17, 15) is 4.79 Å². The molecule has 1 aromatic heterocycles. The number of nitrogens with zero attached hydrogens (tertiary/aromatic N) is 1. The molecule has 1 heterocycles. The van der Waals surface area contributed by atoms with Crippen molar-refractivity contribution >= 4 is 5.91 Å². The van der Waals surface area contributed by atoms with Crippen molar-refractivity contribution in [3.63, 3.8) is 0 Å². The van der Waals surface area contributed by atoms with Crippen LogP contribution in [0.5, 0.6) is 0 Å². The normalized spacial score (nSPS) is 12.5. The molecule has 14 heavy (non-hydrogen) atoms. The summed E-state index contributed by atoms with van der Waals surface area (Å²) in [5.74, 6) is -0.0867. The molecule has 0 spiro atoms. The summed E-state index contributed by atoms with van der Waals surface area (Å²) < 4.78 is 6.83. The Labute approximate surface area is 83.9 Å². The van der Waals surface area contributed by atoms with E-state index in [-0.39, 0.29) is 5.91 Å². The van der Waals surface area contributed by atoms with Gasteiger partial charge in [-0.3, -0.25) is 4.79 Å². The summed E-state index contributed by atoms with van der Waals surface area (Å²) in [6.07, 6.45) is 3.53. The predicted molar refractivity (Wildman–Crippen MR) is 53.7 cm³/mol. The summed E-state index contributed by atoms with van der Waals surface area (Å²) in [4.78, 5) is 11.3. The molecule has 4 heteroatoms. The van der Waals surface area contributed by atoms with Crippen molar-refractivity contribution in [3.8, 4) is 0 Å². The first-order valence-corrected chi connectivity index (χ1v) is 4.55. The molecular weight excluding hydrogens is 180 g/mol. The van der Waals surface area contributed by atoms with Crippen LogP contribution in [-0.2, 0) is 23.1 Å². The second-order valence-corrected chi connectivity index (χ2v) is 3.28. The summed E-state index contributed by atoms with van der Waals surface area (Å²) in [5, 5.41) is 2.79. The van der Waals surface area contributed by atoms with Crippen molar-refractivity contribution in [1.82, 2.24) is 9.88 Å². The van der Waals surface area contributed by atoms with Crippen molar-refractivity contribution in [3.05, 3.63) is 24.0 Å². The Kier molecular flexibility index (Phi) is 3.71. The maximum absolute atomic E-state index is 11.3. The predicted octanol–water partition coefficient (Wildman–Crippen LogP) is 0.676. The maximum atomic E-state index is 11.3. The van der Waals surface area contributed by atoms with Gasteiger partial charge in [0.2, 0.25) is 5.91 Å². The van der Waals surface area contributed by atoms with Gasteiger partial charge in [0, 0.05) is 33.1 Å². The lowest BCUT2D eigenvalue weighted by molar-refractivity contribution is -0.130. The van der Waals surface area contributed by atoms with Gasteiger partial charge in [-0.2, -0.15) is 0 Å². The molecule has 1 aromatic rings. The van der Waals surface area contributed by atoms with Crippen LogP contribution >= 0.6 is 0 Å². The van der Waals surface area contributed by atoms with E-state index in [4.69, 9.17) is 4.74 Å². The third kappa shape index (κ3) is 2.88. The minimum Gasteiger partial charge on any atom is -0.372 e. The molecule has 4 nitrogen and oxygen atoms in total. The third-order valence-corrected chi connectivity index (χ3v) is 2.08. The second-order valence-electron chi connectivity index (χ2n) is 3.28. The van der Waals surface area contributed by atoms with Crippen LogP contribution in [0.1, 0.15) is 12.5 Å². The molecule has 0 saturated heterocycles. The van der Waals surface area contributed by atoms with Crippen molar-refractivity contribution in [2.75, 3.05) is 7.11 Å². The van der Waals surface area contributed by atoms with Gasteiger partial charge in [-0.15, -0.1) is 0 Å². The molecule has 0 aliphatic carbocycles. The smallest absolute Gasteiger partial charge is 0.249 e. The molecule has 0 aliphatic rings. The molecule has 1 N–H and O–H groups in total. The minimum atomic E-state index is -0.390. The van der Waals surface area contributed by atoms with Crippen molar-refractivity contribution in [2.24, 2.45) is 7.05 Å². The van der Waals surface area contributed by atoms with Crippen LogP contribution in [0.3, 0.4) is 0 Å². The number of carbonyl (C=O) groups excluding carboxylic acids is 1. The fraction of sp³-hybridized carbons (Fsp3) is 0.500. The molecule has 0 aliphatic heterocycles. The van der Waals surface area contributed by atoms with Crippen LogP contribution in [0.4, 0.5) is 0 Å². The van der Waals surface area contributed by atoms with E-state index in [1.165, 1.54) is 7.11 Å². The standard InChI is InChI=1S/C10H16N2O2/c1-8(14-3)10(13)11-6-9-4-5-12(2)7-9/h4-5,7-8H,6H2,1-3H3,(H,11,13). The highest BCUT2D eigenvalue weighted by Gasteiger charge is 2.10. The van der Waals surface area contributed by atoms with Crippen LogP contribution in [0.2, 0.25) is 0 Å². The molecule has 0 aromatic carbocycles. The fourth-order valence-electron chi connectivity index (χ4n) is 1.11. The van der Waals surface area contributed by atoms with Crippen molar-refractivity contribution < 1.29 is 9.53 Å². The Balaban J connectivity index is 2.37. The molecule has 0 bridgehead atoms. The van der Waals surface area contributed by atoms with E-state index in [0.29, 0.717) is 6.54 Å². The monoisotopic (exact) mass is 196 g/mol. The van der Waals surface area contributed by atoms with Crippen LogP contribution in [0.25, 0.3) is 0 Å². The molecule has 0 fully saturated rings. The van der Waals surface area contributed by atoms with Gasteiger partial charge in [0.05, 0.1) is 0 Å². The molecule has 0 saturated carbocycles. The third-order valence-electron chi connectivity index (χ3n) is 2.08. The van der Waals surface area contributed by atoms with Gasteiger partial charge in [-0.25, -0.2) is 0 Å². The summed E-state index contributed by atoms with van der Waals surface area (Å²) in [7, 11) is 3.47. The Morgan fingerprint density at radius 3 is 2.93 bits per heavy atom. The summed E-state index contributed by atoms with van der Waals surface area (Å²) in [6, 6.07) is 1.97. The second kappa shape index (κ2) is 4.81. The lowest BCUT2D eigenvalue weighted by Crippen LogP contribution is -2.33. The number of aromatic nitrogens is 1. The molecule has 1 amide bonds. The molecule has 1 atom stereocenters. The Hall–Kier alpha value is -1.29. The van der Waals surface area contributed by atoms with Crippen LogP contribution in [0.15, 0.2) is 18.5 Å². The Morgan fingerprint density at radius 1 is 1.71 bits per heavy atom. The maximum Gasteiger partial charge on any atom is 0.249 e. The number of ether oxygens (including phenoxy) is 1. The number of amides is 1. The van der Waals surface area contributed by atoms with Crippen LogP contribution in [0, 0.1) is 0 Å². The zero-order valence-corrected chi connectivity index (χ0v) is 8.78. The lowest BCUT2D eigenvalue weighted by Gasteiger charge is -2.09. The Bertz CT molecular complexity index is 307. The Morgan fingerprint density at radius 2 is 2.43 bits per heavy atom. The van der Waals surface area contributed by atoms with E-state index in [2.05, 4.69) is 5.32 Å². The molecule has 1 rings (SSSR count). The van der Waals surface area contributed by atoms with E-state index in [0.717, 1.165) is 5.56 Å². The first-order chi connectivity index (χ1) is 6.63. The largest absolute Gasteiger partial charge is 0.372 e. The van der Waals surface area contributed by atoms with Gasteiger partial charge in [0.15, 0.2) is 0 Å². The zero-order valence-electron chi connectivity index (χ0n) is 8.78. The number of carbonyl (C=O) groups is 1. The van der Waals surface area contributed by atoms with Gasteiger partial charge in [0.1, 0.15) is 6.10 Å². The van der Waals surface area contributed by atoms with E-state index >= 15 is 0 Å². The molecule has 78 valence electrons. The zero-order chi connectivity index (χ0) is 10.6. The number of nitrogens with one attached hydrogen (secondary N) is 1. The lowest BCUT2D eigenvalue weighted by atomic mass is 10.3. The SMILES string of the molecule is COC(C)C(=O)NCc1ccn(C)c1. The first kappa shape index (κ1) is 10.8. The number of rotatable bonds is 4. The minimum absolute atomic E-state index is 0.0867. The summed E-state index contributed by atoms with van der Waals surface area (Å²) in [5.41, 5.74) is 1.09. The van der Waals surface area contributed by atoms with E-state index < -0.39 is 6.10 Å². The highest BCUT2D eigenvalue weighted by atomic mass is 16.5. The van der Waals surface area contributed by atoms with Crippen molar-refractivity contribution in [2.45, 2.75) is 19.6 Å². The summed E-state index contributed by atoms with van der Waals surface area (Å²) in [6.45, 7) is 2.27. The quantitative estimate of drug-likeness (QED) is 0.769. The number of hydrogen-bond acceptors (Lipinski definition) is 2. The number of methoxy groups -OCH3 is 1. The van der Waals surface area contributed by atoms with Crippen LogP contribution < -0.4 is 5.32 Å². The van der Waals surface area contributed by atoms with E-state index in [1.807, 2.05) is 30.1 Å². The molecule has 0 radical (unpaired) electrons. The number of aryl methyl sites for hydroxylation is 1. The van der Waals surface area contributed by atoms with E-state index in [1.54, 1.807) is 6.92 Å². The van der Waals surface area contributed by atoms with Gasteiger partial charge in [0.25, 0.3) is 0 Å². The topological polar surface area (TPSA) is 43.3 Å². The molecule has 1 unspecified atom stereocenters. The first-order valence-electron chi connectivity index (χ1n) is 4.55. The average molecular weight is 196 g/mol. The average Bonchev–Trinajstić information content (AvgIpc) is 2.59. The number of hydrogen-bond donors (Lipinski definition) is 1. The van der Waals surface area contributed by atoms with Gasteiger partial charge < -0.3 is 14.6 Å². The van der Waals surface area contributed by atoms with Gasteiger partial charge >= 0.3 is 0 Å². The van der Waals surface area contributed by atoms with Gasteiger partial charge in [-0.1, -0.05) is 0 Å². The fourth-order valence-corrected chi connectivity index (χ4v) is 1.11. The van der Waals surface area contributed by atoms with Gasteiger partial charge in [-0.05, 0) is 18.6 Å². The highest BCUT2D eigenvalue weighted by Crippen LogP contribution is 1.99. The summed E-state index contributed by atoms with van der Waals surface area (Å²) >= 11 is 0. The van der Waals surface area contributed by atoms with Crippen molar-refractivity contribution in [1.29, 1.82) is 0 Å². The van der Waals surface area contributed by atoms with Crippen LogP contribution in [-0.4, -0.2) is 23.7 Å².